The predicted octanol–water partition coefficient (Wildman–Crippen LogP) is 3.76. The molecule has 7 nitrogen and oxygen atoms in total. The molecule has 1 unspecified atom stereocenters. The van der Waals surface area contributed by atoms with E-state index in [0.717, 1.165) is 50.5 Å². The van der Waals surface area contributed by atoms with Gasteiger partial charge in [0.25, 0.3) is 0 Å². The largest absolute Gasteiger partial charge is 0.352 e. The summed E-state index contributed by atoms with van der Waals surface area (Å²) in [5.41, 5.74) is 1.42. The average Bonchev–Trinajstić information content (AvgIpc) is 3.20. The molecule has 1 aromatic rings. The summed E-state index contributed by atoms with van der Waals surface area (Å²) in [5.74, 6) is -0.239. The van der Waals surface area contributed by atoms with E-state index in [4.69, 9.17) is 0 Å². The predicted molar refractivity (Wildman–Crippen MR) is 129 cm³/mol. The molecule has 1 aliphatic carbocycles. The number of amides is 2. The molecule has 2 amide bonds. The second-order valence-corrected chi connectivity index (χ2v) is 11.6. The van der Waals surface area contributed by atoms with Crippen LogP contribution in [0, 0.1) is 0 Å². The van der Waals surface area contributed by atoms with Gasteiger partial charge in [0.05, 0.1) is 4.90 Å². The standard InChI is InChI=1S/C25H37N3O4S/c1-2-24(29)28-22-14-13-21(33(31,32)27-15-9-6-10-16-27)17-19(22)18-23(28)25(30)26-20-11-7-4-3-5-8-12-20/h13-14,17,20,23H,2-12,15-16,18H2,1H3,(H,26,30). The molecule has 2 heterocycles. The molecule has 1 N–H and O–H groups in total. The highest BCUT2D eigenvalue weighted by molar-refractivity contribution is 7.89. The van der Waals surface area contributed by atoms with Crippen LogP contribution in [0.2, 0.25) is 0 Å². The highest BCUT2D eigenvalue weighted by atomic mass is 32.2. The van der Waals surface area contributed by atoms with E-state index in [1.165, 1.54) is 19.3 Å². The highest BCUT2D eigenvalue weighted by Gasteiger charge is 2.39. The molecule has 1 aromatic carbocycles. The maximum atomic E-state index is 13.3. The molecule has 8 heteroatoms. The van der Waals surface area contributed by atoms with E-state index in [2.05, 4.69) is 5.32 Å². The van der Waals surface area contributed by atoms with Gasteiger partial charge in [-0.2, -0.15) is 4.31 Å². The van der Waals surface area contributed by atoms with E-state index < -0.39 is 16.1 Å². The topological polar surface area (TPSA) is 86.8 Å². The Labute approximate surface area is 198 Å². The van der Waals surface area contributed by atoms with Crippen LogP contribution < -0.4 is 10.2 Å². The van der Waals surface area contributed by atoms with E-state index in [1.54, 1.807) is 34.3 Å². The molecule has 4 rings (SSSR count). The van der Waals surface area contributed by atoms with Gasteiger partial charge in [-0.15, -0.1) is 0 Å². The number of nitrogens with one attached hydrogen (secondary N) is 1. The monoisotopic (exact) mass is 475 g/mol. The first-order valence-electron chi connectivity index (χ1n) is 12.7. The van der Waals surface area contributed by atoms with Crippen LogP contribution in [0.4, 0.5) is 5.69 Å². The Kier molecular flexibility index (Phi) is 7.74. The summed E-state index contributed by atoms with van der Waals surface area (Å²) < 4.78 is 27.9. The van der Waals surface area contributed by atoms with Gasteiger partial charge >= 0.3 is 0 Å². The minimum atomic E-state index is -3.57. The van der Waals surface area contributed by atoms with Gasteiger partial charge in [-0.05, 0) is 49.4 Å². The summed E-state index contributed by atoms with van der Waals surface area (Å²) >= 11 is 0. The molecule has 1 saturated heterocycles. The van der Waals surface area contributed by atoms with Crippen LogP contribution in [0.3, 0.4) is 0 Å². The van der Waals surface area contributed by atoms with Crippen molar-refractivity contribution in [3.8, 4) is 0 Å². The Morgan fingerprint density at radius 3 is 2.27 bits per heavy atom. The summed E-state index contributed by atoms with van der Waals surface area (Å²) in [4.78, 5) is 28.0. The molecule has 0 aromatic heterocycles. The second-order valence-electron chi connectivity index (χ2n) is 9.64. The van der Waals surface area contributed by atoms with Crippen LogP contribution in [-0.4, -0.2) is 49.7 Å². The van der Waals surface area contributed by atoms with Gasteiger partial charge in [-0.25, -0.2) is 8.42 Å². The number of fused-ring (bicyclic) bond motifs is 1. The summed E-state index contributed by atoms with van der Waals surface area (Å²) in [7, 11) is -3.57. The molecule has 1 saturated carbocycles. The number of benzene rings is 1. The van der Waals surface area contributed by atoms with Crippen molar-refractivity contribution in [2.24, 2.45) is 0 Å². The smallest absolute Gasteiger partial charge is 0.243 e. The number of carbonyl (C=O) groups is 2. The van der Waals surface area contributed by atoms with Crippen molar-refractivity contribution in [1.82, 2.24) is 9.62 Å². The minimum absolute atomic E-state index is 0.113. The SMILES string of the molecule is CCC(=O)N1c2ccc(S(=O)(=O)N3CCCCC3)cc2CC1C(=O)NC1CCCCCCC1. The van der Waals surface area contributed by atoms with Crippen LogP contribution in [0.25, 0.3) is 0 Å². The molecule has 1 atom stereocenters. The van der Waals surface area contributed by atoms with Crippen LogP contribution in [0.1, 0.15) is 83.1 Å². The number of anilines is 1. The second kappa shape index (κ2) is 10.6. The van der Waals surface area contributed by atoms with Gasteiger partial charge in [0, 0.05) is 37.7 Å². The number of piperidine rings is 1. The number of carbonyl (C=O) groups excluding carboxylic acids is 2. The van der Waals surface area contributed by atoms with Crippen LogP contribution >= 0.6 is 0 Å². The first-order chi connectivity index (χ1) is 15.9. The third-order valence-corrected chi connectivity index (χ3v) is 9.21. The van der Waals surface area contributed by atoms with Crippen LogP contribution in [-0.2, 0) is 26.0 Å². The van der Waals surface area contributed by atoms with Crippen molar-refractivity contribution in [1.29, 1.82) is 0 Å². The molecule has 0 spiro atoms. The van der Waals surface area contributed by atoms with Crippen molar-refractivity contribution in [2.75, 3.05) is 18.0 Å². The van der Waals surface area contributed by atoms with E-state index >= 15 is 0 Å². The highest BCUT2D eigenvalue weighted by Crippen LogP contribution is 2.36. The molecule has 2 aliphatic heterocycles. The summed E-state index contributed by atoms with van der Waals surface area (Å²) in [5, 5.41) is 3.21. The molecule has 0 radical (unpaired) electrons. The number of hydrogen-bond donors (Lipinski definition) is 1. The zero-order valence-corrected chi connectivity index (χ0v) is 20.5. The maximum absolute atomic E-state index is 13.3. The first-order valence-corrected chi connectivity index (χ1v) is 14.1. The fourth-order valence-electron chi connectivity index (χ4n) is 5.43. The Bertz CT molecular complexity index is 964. The summed E-state index contributed by atoms with van der Waals surface area (Å²) in [6.07, 6.45) is 11.3. The van der Waals surface area contributed by atoms with Crippen molar-refractivity contribution < 1.29 is 18.0 Å². The first kappa shape index (κ1) is 24.2. The normalized spacial score (nSPS) is 22.9. The van der Waals surface area contributed by atoms with Gasteiger partial charge in [0.2, 0.25) is 21.8 Å². The third kappa shape index (κ3) is 5.27. The molecule has 3 aliphatic rings. The van der Waals surface area contributed by atoms with Crippen molar-refractivity contribution in [3.05, 3.63) is 23.8 Å². The van der Waals surface area contributed by atoms with E-state index in [-0.39, 0.29) is 22.8 Å². The molecule has 33 heavy (non-hydrogen) atoms. The quantitative estimate of drug-likeness (QED) is 0.703. The average molecular weight is 476 g/mol. The molecule has 2 fully saturated rings. The van der Waals surface area contributed by atoms with Gasteiger partial charge in [-0.1, -0.05) is 45.4 Å². The zero-order valence-electron chi connectivity index (χ0n) is 19.7. The molecule has 0 bridgehead atoms. The number of sulfonamides is 1. The van der Waals surface area contributed by atoms with Crippen LogP contribution in [0.5, 0.6) is 0 Å². The Hall–Kier alpha value is -1.93. The van der Waals surface area contributed by atoms with Gasteiger partial charge in [-0.3, -0.25) is 14.5 Å². The third-order valence-electron chi connectivity index (χ3n) is 7.31. The molecular formula is C25H37N3O4S. The molecular weight excluding hydrogens is 438 g/mol. The summed E-state index contributed by atoms with van der Waals surface area (Å²) in [6.45, 7) is 2.89. The van der Waals surface area contributed by atoms with E-state index in [9.17, 15) is 18.0 Å². The van der Waals surface area contributed by atoms with E-state index in [0.29, 0.717) is 31.6 Å². The lowest BCUT2D eigenvalue weighted by atomic mass is 9.96. The number of rotatable bonds is 5. The maximum Gasteiger partial charge on any atom is 0.243 e. The van der Waals surface area contributed by atoms with Crippen LogP contribution in [0.15, 0.2) is 23.1 Å². The van der Waals surface area contributed by atoms with Crippen molar-refractivity contribution in [2.45, 2.75) is 101 Å². The van der Waals surface area contributed by atoms with Gasteiger partial charge < -0.3 is 5.32 Å². The lowest BCUT2D eigenvalue weighted by molar-refractivity contribution is -0.126. The Morgan fingerprint density at radius 2 is 1.61 bits per heavy atom. The lowest BCUT2D eigenvalue weighted by Crippen LogP contribution is -2.50. The number of hydrogen-bond acceptors (Lipinski definition) is 4. The Balaban J connectivity index is 1.55. The minimum Gasteiger partial charge on any atom is -0.352 e. The number of nitrogens with zero attached hydrogens (tertiary/aromatic N) is 2. The summed E-state index contributed by atoms with van der Waals surface area (Å²) in [6, 6.07) is 4.51. The zero-order chi connectivity index (χ0) is 23.4. The van der Waals surface area contributed by atoms with Crippen molar-refractivity contribution >= 4 is 27.5 Å². The van der Waals surface area contributed by atoms with Gasteiger partial charge in [0.1, 0.15) is 6.04 Å². The Morgan fingerprint density at radius 1 is 0.970 bits per heavy atom. The van der Waals surface area contributed by atoms with Crippen molar-refractivity contribution in [3.63, 3.8) is 0 Å². The van der Waals surface area contributed by atoms with E-state index in [1.807, 2.05) is 0 Å². The lowest BCUT2D eigenvalue weighted by Gasteiger charge is -2.28. The fourth-order valence-corrected chi connectivity index (χ4v) is 7.00. The fraction of sp³-hybridized carbons (Fsp3) is 0.680. The van der Waals surface area contributed by atoms with Gasteiger partial charge in [0.15, 0.2) is 0 Å². The molecule has 182 valence electrons.